The minimum atomic E-state index is -0.922. The minimum Gasteiger partial charge on any atom is -0.483 e. The highest BCUT2D eigenvalue weighted by atomic mass is 16.5. The number of aromatic nitrogens is 2. The average molecular weight is 383 g/mol. The molecule has 2 aromatic rings. The van der Waals surface area contributed by atoms with Crippen LogP contribution in [0.1, 0.15) is 50.5 Å². The lowest BCUT2D eigenvalue weighted by atomic mass is 9.72. The van der Waals surface area contributed by atoms with Crippen molar-refractivity contribution in [2.75, 3.05) is 6.54 Å². The Bertz CT molecular complexity index is 915. The summed E-state index contributed by atoms with van der Waals surface area (Å²) in [6.45, 7) is 6.43. The number of amides is 1. The van der Waals surface area contributed by atoms with E-state index in [1.807, 2.05) is 51.1 Å². The van der Waals surface area contributed by atoms with Crippen LogP contribution in [0.2, 0.25) is 0 Å². The van der Waals surface area contributed by atoms with Crippen molar-refractivity contribution in [2.45, 2.75) is 51.7 Å². The van der Waals surface area contributed by atoms with E-state index in [1.165, 1.54) is 4.90 Å². The van der Waals surface area contributed by atoms with Crippen molar-refractivity contribution in [1.82, 2.24) is 14.7 Å². The Labute approximate surface area is 163 Å². The largest absolute Gasteiger partial charge is 0.483 e. The topological polar surface area (TPSA) is 84.7 Å². The molecule has 1 N–H and O–H groups in total. The first-order chi connectivity index (χ1) is 13.2. The summed E-state index contributed by atoms with van der Waals surface area (Å²) in [6.07, 6.45) is 2.04. The van der Waals surface area contributed by atoms with E-state index in [0.717, 1.165) is 5.69 Å². The van der Waals surface area contributed by atoms with Gasteiger partial charge in [-0.2, -0.15) is 5.10 Å². The van der Waals surface area contributed by atoms with E-state index in [9.17, 15) is 14.7 Å². The van der Waals surface area contributed by atoms with Gasteiger partial charge in [0.25, 0.3) is 0 Å². The molecule has 1 saturated heterocycles. The van der Waals surface area contributed by atoms with E-state index in [0.29, 0.717) is 30.8 Å². The summed E-state index contributed by atoms with van der Waals surface area (Å²) in [5, 5.41) is 14.0. The Balaban J connectivity index is 1.66. The van der Waals surface area contributed by atoms with E-state index in [4.69, 9.17) is 4.74 Å². The van der Waals surface area contributed by atoms with Gasteiger partial charge in [-0.1, -0.05) is 39.0 Å². The molecule has 2 aliphatic rings. The van der Waals surface area contributed by atoms with Crippen molar-refractivity contribution in [1.29, 1.82) is 0 Å². The van der Waals surface area contributed by atoms with E-state index < -0.39 is 11.7 Å². The van der Waals surface area contributed by atoms with Crippen molar-refractivity contribution in [3.05, 3.63) is 42.2 Å². The molecule has 3 heterocycles. The number of nitrogens with zero attached hydrogens (tertiary/aromatic N) is 3. The summed E-state index contributed by atoms with van der Waals surface area (Å²) in [7, 11) is 0. The number of carbonyl (C=O) groups is 2. The van der Waals surface area contributed by atoms with Crippen molar-refractivity contribution in [2.24, 2.45) is 5.41 Å². The SMILES string of the molecule is CC(C)(C)C1CC2(CCN1C(=O)O)CC(=O)c1nn(-c3ccccc3)cc1O2. The molecular weight excluding hydrogens is 358 g/mol. The number of hydrogen-bond acceptors (Lipinski definition) is 4. The van der Waals surface area contributed by atoms with Gasteiger partial charge in [-0.25, -0.2) is 9.48 Å². The summed E-state index contributed by atoms with van der Waals surface area (Å²) in [5.74, 6) is 0.434. The van der Waals surface area contributed by atoms with Gasteiger partial charge in [-0.15, -0.1) is 0 Å². The van der Waals surface area contributed by atoms with Crippen LogP contribution in [-0.2, 0) is 0 Å². The van der Waals surface area contributed by atoms with Gasteiger partial charge in [0, 0.05) is 25.4 Å². The summed E-state index contributed by atoms with van der Waals surface area (Å²) < 4.78 is 8.02. The zero-order valence-electron chi connectivity index (χ0n) is 16.4. The van der Waals surface area contributed by atoms with Gasteiger partial charge in [0.15, 0.2) is 17.2 Å². The molecule has 7 heteroatoms. The van der Waals surface area contributed by atoms with Crippen molar-refractivity contribution in [3.8, 4) is 11.4 Å². The molecular formula is C21H25N3O4. The quantitative estimate of drug-likeness (QED) is 0.810. The lowest BCUT2D eigenvalue weighted by Gasteiger charge is -2.50. The van der Waals surface area contributed by atoms with Crippen LogP contribution in [-0.4, -0.2) is 49.9 Å². The highest BCUT2D eigenvalue weighted by Gasteiger charge is 2.51. The fraction of sp³-hybridized carbons (Fsp3) is 0.476. The lowest BCUT2D eigenvalue weighted by molar-refractivity contribution is -0.0522. The number of rotatable bonds is 1. The second-order valence-electron chi connectivity index (χ2n) is 8.82. The van der Waals surface area contributed by atoms with Gasteiger partial charge < -0.3 is 14.7 Å². The summed E-state index contributed by atoms with van der Waals surface area (Å²) >= 11 is 0. The maximum atomic E-state index is 12.9. The van der Waals surface area contributed by atoms with Crippen LogP contribution in [0.5, 0.6) is 5.75 Å². The number of hydrogen-bond donors (Lipinski definition) is 1. The van der Waals surface area contributed by atoms with Gasteiger partial charge in [-0.3, -0.25) is 4.79 Å². The van der Waals surface area contributed by atoms with Crippen molar-refractivity contribution < 1.29 is 19.4 Å². The zero-order valence-corrected chi connectivity index (χ0v) is 16.4. The average Bonchev–Trinajstić information content (AvgIpc) is 3.06. The molecule has 148 valence electrons. The zero-order chi connectivity index (χ0) is 20.1. The molecule has 2 unspecified atom stereocenters. The smallest absolute Gasteiger partial charge is 0.407 e. The van der Waals surface area contributed by atoms with Crippen LogP contribution in [0, 0.1) is 5.41 Å². The normalized spacial score (nSPS) is 24.8. The fourth-order valence-corrected chi connectivity index (χ4v) is 4.29. The molecule has 1 amide bonds. The number of piperidine rings is 1. The predicted molar refractivity (Wildman–Crippen MR) is 103 cm³/mol. The molecule has 2 aliphatic heterocycles. The van der Waals surface area contributed by atoms with Gasteiger partial charge in [0.05, 0.1) is 18.3 Å². The highest BCUT2D eigenvalue weighted by Crippen LogP contribution is 2.44. The van der Waals surface area contributed by atoms with Crippen LogP contribution >= 0.6 is 0 Å². The van der Waals surface area contributed by atoms with Crippen molar-refractivity contribution >= 4 is 11.9 Å². The molecule has 28 heavy (non-hydrogen) atoms. The molecule has 2 atom stereocenters. The highest BCUT2D eigenvalue weighted by molar-refractivity contribution is 5.98. The van der Waals surface area contributed by atoms with Gasteiger partial charge >= 0.3 is 6.09 Å². The van der Waals surface area contributed by atoms with E-state index >= 15 is 0 Å². The maximum absolute atomic E-state index is 12.9. The standard InChI is InChI=1S/C21H25N3O4/c1-20(2,3)17-12-21(9-10-23(17)19(26)27)11-15(25)18-16(28-21)13-24(22-18)14-7-5-4-6-8-14/h4-8,13,17H,9-12H2,1-3H3,(H,26,27). The van der Waals surface area contributed by atoms with Gasteiger partial charge in [0.2, 0.25) is 0 Å². The molecule has 1 aromatic carbocycles. The summed E-state index contributed by atoms with van der Waals surface area (Å²) in [4.78, 5) is 26.1. The second-order valence-corrected chi connectivity index (χ2v) is 8.82. The Kier molecular flexibility index (Phi) is 4.21. The Morgan fingerprint density at radius 3 is 2.64 bits per heavy atom. The molecule has 1 aromatic heterocycles. The molecule has 0 bridgehead atoms. The van der Waals surface area contributed by atoms with E-state index in [2.05, 4.69) is 5.10 Å². The molecule has 7 nitrogen and oxygen atoms in total. The second kappa shape index (κ2) is 6.36. The first kappa shape index (κ1) is 18.5. The first-order valence-electron chi connectivity index (χ1n) is 9.55. The third kappa shape index (κ3) is 3.15. The summed E-state index contributed by atoms with van der Waals surface area (Å²) in [5.41, 5.74) is 0.267. The van der Waals surface area contributed by atoms with Gasteiger partial charge in [0.1, 0.15) is 5.60 Å². The third-order valence-corrected chi connectivity index (χ3v) is 5.77. The van der Waals surface area contributed by atoms with Crippen LogP contribution in [0.4, 0.5) is 4.79 Å². The summed E-state index contributed by atoms with van der Waals surface area (Å²) in [6, 6.07) is 9.36. The molecule has 4 rings (SSSR count). The minimum absolute atomic E-state index is 0.0487. The van der Waals surface area contributed by atoms with E-state index in [1.54, 1.807) is 10.9 Å². The van der Waals surface area contributed by atoms with Crippen LogP contribution in [0.25, 0.3) is 5.69 Å². The lowest BCUT2D eigenvalue weighted by Crippen LogP contribution is -2.59. The number of carboxylic acid groups (broad SMARTS) is 1. The fourth-order valence-electron chi connectivity index (χ4n) is 4.29. The van der Waals surface area contributed by atoms with Crippen LogP contribution in [0.3, 0.4) is 0 Å². The number of likely N-dealkylation sites (tertiary alicyclic amines) is 1. The Morgan fingerprint density at radius 1 is 1.29 bits per heavy atom. The molecule has 0 aliphatic carbocycles. The van der Waals surface area contributed by atoms with Crippen LogP contribution in [0.15, 0.2) is 36.5 Å². The molecule has 0 radical (unpaired) electrons. The number of Topliss-reactive ketones (excluding diaryl/α,β-unsaturated/α-hetero) is 1. The van der Waals surface area contributed by atoms with Crippen molar-refractivity contribution in [3.63, 3.8) is 0 Å². The third-order valence-electron chi connectivity index (χ3n) is 5.77. The molecule has 1 spiro atoms. The van der Waals surface area contributed by atoms with E-state index in [-0.39, 0.29) is 23.7 Å². The Morgan fingerprint density at radius 2 is 2.00 bits per heavy atom. The first-order valence-corrected chi connectivity index (χ1v) is 9.55. The van der Waals surface area contributed by atoms with Gasteiger partial charge in [-0.05, 0) is 17.5 Å². The number of carbonyl (C=O) groups excluding carboxylic acids is 1. The number of ether oxygens (including phenoxy) is 1. The van der Waals surface area contributed by atoms with Crippen LogP contribution < -0.4 is 4.74 Å². The number of ketones is 1. The maximum Gasteiger partial charge on any atom is 0.407 e. The Hall–Kier alpha value is -2.83. The predicted octanol–water partition coefficient (Wildman–Crippen LogP) is 3.76. The number of benzene rings is 1. The monoisotopic (exact) mass is 383 g/mol. The number of para-hydroxylation sites is 1. The number of fused-ring (bicyclic) bond motifs is 1. The molecule has 0 saturated carbocycles. The molecule has 1 fully saturated rings.